The zero-order chi connectivity index (χ0) is 19.8. The number of anilines is 1. The molecule has 2 N–H and O–H groups in total. The minimum absolute atomic E-state index is 0.0639. The van der Waals surface area contributed by atoms with E-state index in [1.54, 1.807) is 18.3 Å². The first-order valence-corrected chi connectivity index (χ1v) is 9.71. The molecule has 0 saturated carbocycles. The van der Waals surface area contributed by atoms with Crippen LogP contribution < -0.4 is 10.6 Å². The van der Waals surface area contributed by atoms with Crippen LogP contribution in [0, 0.1) is 0 Å². The van der Waals surface area contributed by atoms with Crippen LogP contribution in [0.4, 0.5) is 5.69 Å². The minimum Gasteiger partial charge on any atom is -0.348 e. The molecule has 0 fully saturated rings. The molecule has 0 radical (unpaired) electrons. The Labute approximate surface area is 172 Å². The molecule has 2 amide bonds. The number of halogens is 1. The van der Waals surface area contributed by atoms with Gasteiger partial charge in [0, 0.05) is 35.5 Å². The summed E-state index contributed by atoms with van der Waals surface area (Å²) in [5.74, 6) is -0.269. The Balaban J connectivity index is 1.57. The number of benzene rings is 2. The number of nitrogens with one attached hydrogen (secondary N) is 2. The highest BCUT2D eigenvalue weighted by Crippen LogP contribution is 2.17. The van der Waals surface area contributed by atoms with Crippen LogP contribution in [-0.4, -0.2) is 16.8 Å². The summed E-state index contributed by atoms with van der Waals surface area (Å²) < 4.78 is 1.00. The molecule has 3 aromatic rings. The molecule has 0 unspecified atom stereocenters. The van der Waals surface area contributed by atoms with Crippen molar-refractivity contribution in [3.63, 3.8) is 0 Å². The van der Waals surface area contributed by atoms with Crippen molar-refractivity contribution in [1.82, 2.24) is 10.3 Å². The van der Waals surface area contributed by atoms with E-state index < -0.39 is 0 Å². The van der Waals surface area contributed by atoms with Crippen molar-refractivity contribution in [3.05, 3.63) is 94.2 Å². The third-order valence-electron chi connectivity index (χ3n) is 4.18. The van der Waals surface area contributed by atoms with Crippen LogP contribution in [-0.2, 0) is 17.8 Å². The molecule has 0 saturated heterocycles. The fraction of sp³-hybridized carbons (Fsp3) is 0.136. The second kappa shape index (κ2) is 9.80. The number of hydrogen-bond donors (Lipinski definition) is 2. The Hall–Kier alpha value is -2.99. The van der Waals surface area contributed by atoms with E-state index in [1.165, 1.54) is 6.20 Å². The summed E-state index contributed by atoms with van der Waals surface area (Å²) in [5, 5.41) is 5.80. The molecule has 142 valence electrons. The summed E-state index contributed by atoms with van der Waals surface area (Å²) in [4.78, 5) is 28.5. The summed E-state index contributed by atoms with van der Waals surface area (Å²) in [6.45, 7) is 0.315. The molecule has 0 bridgehead atoms. The quantitative estimate of drug-likeness (QED) is 0.577. The van der Waals surface area contributed by atoms with Crippen molar-refractivity contribution >= 4 is 33.4 Å². The monoisotopic (exact) mass is 437 g/mol. The smallest absolute Gasteiger partial charge is 0.253 e. The largest absolute Gasteiger partial charge is 0.348 e. The standard InChI is InChI=1S/C22H20BrN3O2/c23-19-8-3-5-16(13-19)10-11-21(27)26-20-9-2-1-6-17(20)15-25-22(28)18-7-4-12-24-14-18/h1-9,12-14H,10-11,15H2,(H,25,28)(H,26,27). The minimum atomic E-state index is -0.205. The summed E-state index contributed by atoms with van der Waals surface area (Å²) in [7, 11) is 0. The van der Waals surface area contributed by atoms with E-state index in [4.69, 9.17) is 0 Å². The Morgan fingerprint density at radius 1 is 1.00 bits per heavy atom. The summed E-state index contributed by atoms with van der Waals surface area (Å²) in [5.41, 5.74) is 3.14. The van der Waals surface area contributed by atoms with Gasteiger partial charge in [0.05, 0.1) is 5.56 Å². The number of carbonyl (C=O) groups is 2. The molecule has 3 rings (SSSR count). The number of hydrogen-bond acceptors (Lipinski definition) is 3. The summed E-state index contributed by atoms with van der Waals surface area (Å²) in [6, 6.07) is 18.8. The van der Waals surface area contributed by atoms with Gasteiger partial charge >= 0.3 is 0 Å². The van der Waals surface area contributed by atoms with Gasteiger partial charge in [-0.25, -0.2) is 0 Å². The van der Waals surface area contributed by atoms with E-state index in [1.807, 2.05) is 48.5 Å². The summed E-state index contributed by atoms with van der Waals surface area (Å²) >= 11 is 3.44. The molecule has 0 aliphatic rings. The number of nitrogens with zero attached hydrogens (tertiary/aromatic N) is 1. The summed E-state index contributed by atoms with van der Waals surface area (Å²) in [6.07, 6.45) is 4.18. The van der Waals surface area contributed by atoms with Gasteiger partial charge in [0.2, 0.25) is 5.91 Å². The van der Waals surface area contributed by atoms with Crippen molar-refractivity contribution in [2.24, 2.45) is 0 Å². The highest BCUT2D eigenvalue weighted by Gasteiger charge is 2.09. The van der Waals surface area contributed by atoms with Gasteiger partial charge < -0.3 is 10.6 Å². The Morgan fingerprint density at radius 2 is 1.86 bits per heavy atom. The number of aryl methyl sites for hydroxylation is 1. The predicted octanol–water partition coefficient (Wildman–Crippen LogP) is 4.35. The number of aromatic nitrogens is 1. The van der Waals surface area contributed by atoms with Crippen LogP contribution in [0.3, 0.4) is 0 Å². The average molecular weight is 438 g/mol. The molecule has 1 heterocycles. The Bertz CT molecular complexity index is 961. The highest BCUT2D eigenvalue weighted by atomic mass is 79.9. The first-order chi connectivity index (χ1) is 13.6. The zero-order valence-corrected chi connectivity index (χ0v) is 16.8. The van der Waals surface area contributed by atoms with Crippen molar-refractivity contribution in [3.8, 4) is 0 Å². The van der Waals surface area contributed by atoms with Crippen LogP contribution in [0.5, 0.6) is 0 Å². The molecule has 0 aliphatic heterocycles. The number of amides is 2. The number of para-hydroxylation sites is 1. The molecule has 0 aliphatic carbocycles. The van der Waals surface area contributed by atoms with E-state index in [2.05, 4.69) is 31.5 Å². The number of rotatable bonds is 7. The number of carbonyl (C=O) groups excluding carboxylic acids is 2. The first-order valence-electron chi connectivity index (χ1n) is 8.92. The van der Waals surface area contributed by atoms with E-state index >= 15 is 0 Å². The predicted molar refractivity (Wildman–Crippen MR) is 113 cm³/mol. The van der Waals surface area contributed by atoms with Crippen molar-refractivity contribution in [2.75, 3.05) is 5.32 Å². The van der Waals surface area contributed by atoms with Crippen LogP contribution in [0.2, 0.25) is 0 Å². The van der Waals surface area contributed by atoms with Crippen LogP contribution in [0.1, 0.15) is 27.9 Å². The van der Waals surface area contributed by atoms with E-state index in [9.17, 15) is 9.59 Å². The Morgan fingerprint density at radius 3 is 2.64 bits per heavy atom. The maximum absolute atomic E-state index is 12.4. The van der Waals surface area contributed by atoms with Gasteiger partial charge in [-0.3, -0.25) is 14.6 Å². The fourth-order valence-electron chi connectivity index (χ4n) is 2.73. The molecular weight excluding hydrogens is 418 g/mol. The molecule has 1 aromatic heterocycles. The maximum atomic E-state index is 12.4. The van der Waals surface area contributed by atoms with E-state index in [0.717, 1.165) is 15.6 Å². The first kappa shape index (κ1) is 19.8. The van der Waals surface area contributed by atoms with Gasteiger partial charge in [0.15, 0.2) is 0 Å². The van der Waals surface area contributed by atoms with E-state index in [-0.39, 0.29) is 11.8 Å². The van der Waals surface area contributed by atoms with Crippen molar-refractivity contribution in [2.45, 2.75) is 19.4 Å². The van der Waals surface area contributed by atoms with Gasteiger partial charge in [0.25, 0.3) is 5.91 Å². The van der Waals surface area contributed by atoms with Gasteiger partial charge in [-0.05, 0) is 47.9 Å². The van der Waals surface area contributed by atoms with Crippen LogP contribution >= 0.6 is 15.9 Å². The van der Waals surface area contributed by atoms with Crippen LogP contribution in [0.15, 0.2) is 77.5 Å². The fourth-order valence-corrected chi connectivity index (χ4v) is 3.18. The molecule has 0 spiro atoms. The third kappa shape index (κ3) is 5.76. The van der Waals surface area contributed by atoms with Crippen molar-refractivity contribution < 1.29 is 9.59 Å². The van der Waals surface area contributed by atoms with Crippen LogP contribution in [0.25, 0.3) is 0 Å². The lowest BCUT2D eigenvalue weighted by Gasteiger charge is -2.12. The molecule has 6 heteroatoms. The topological polar surface area (TPSA) is 71.1 Å². The highest BCUT2D eigenvalue weighted by molar-refractivity contribution is 9.10. The second-order valence-corrected chi connectivity index (χ2v) is 7.18. The normalized spacial score (nSPS) is 10.3. The number of pyridine rings is 1. The lowest BCUT2D eigenvalue weighted by Crippen LogP contribution is -2.24. The third-order valence-corrected chi connectivity index (χ3v) is 4.68. The maximum Gasteiger partial charge on any atom is 0.253 e. The zero-order valence-electron chi connectivity index (χ0n) is 15.2. The van der Waals surface area contributed by atoms with Gasteiger partial charge in [-0.15, -0.1) is 0 Å². The van der Waals surface area contributed by atoms with Gasteiger partial charge in [-0.1, -0.05) is 46.3 Å². The molecule has 28 heavy (non-hydrogen) atoms. The van der Waals surface area contributed by atoms with E-state index in [0.29, 0.717) is 30.6 Å². The molecule has 5 nitrogen and oxygen atoms in total. The SMILES string of the molecule is O=C(CCc1cccc(Br)c1)Nc1ccccc1CNC(=O)c1cccnc1. The van der Waals surface area contributed by atoms with Gasteiger partial charge in [-0.2, -0.15) is 0 Å². The molecule has 0 atom stereocenters. The molecule has 2 aromatic carbocycles. The average Bonchev–Trinajstić information content (AvgIpc) is 2.72. The Kier molecular flexibility index (Phi) is 6.92. The lowest BCUT2D eigenvalue weighted by molar-refractivity contribution is -0.116. The lowest BCUT2D eigenvalue weighted by atomic mass is 10.1. The van der Waals surface area contributed by atoms with Crippen molar-refractivity contribution in [1.29, 1.82) is 0 Å². The second-order valence-electron chi connectivity index (χ2n) is 6.26. The molecular formula is C22H20BrN3O2. The van der Waals surface area contributed by atoms with Gasteiger partial charge in [0.1, 0.15) is 0 Å².